The molecule has 2 rings (SSSR count). The lowest BCUT2D eigenvalue weighted by Crippen LogP contribution is -1.89. The molecule has 0 unspecified atom stereocenters. The number of hydrogen-bond donors (Lipinski definition) is 0. The first-order valence-electron chi connectivity index (χ1n) is 5.62. The van der Waals surface area contributed by atoms with E-state index in [-0.39, 0.29) is 0 Å². The van der Waals surface area contributed by atoms with Gasteiger partial charge in [0.05, 0.1) is 0 Å². The quantitative estimate of drug-likeness (QED) is 0.640. The molecular weight excluding hydrogens is 180 g/mol. The summed E-state index contributed by atoms with van der Waals surface area (Å²) in [5.41, 5.74) is 5.64. The monoisotopic (exact) mass is 198 g/mol. The third-order valence-electron chi connectivity index (χ3n) is 3.29. The summed E-state index contributed by atoms with van der Waals surface area (Å²) < 4.78 is 0. The molecule has 0 fully saturated rings. The van der Waals surface area contributed by atoms with Crippen molar-refractivity contribution >= 4 is 10.8 Å². The first-order chi connectivity index (χ1) is 7.11. The lowest BCUT2D eigenvalue weighted by molar-refractivity contribution is 1.12. The van der Waals surface area contributed by atoms with Crippen LogP contribution in [-0.4, -0.2) is 0 Å². The minimum Gasteiger partial charge on any atom is -0.0613 e. The van der Waals surface area contributed by atoms with E-state index < -0.39 is 0 Å². The van der Waals surface area contributed by atoms with Gasteiger partial charge in [-0.1, -0.05) is 31.2 Å². The molecule has 2 aromatic rings. The molecular formula is C15H18. The van der Waals surface area contributed by atoms with Gasteiger partial charge in [0.1, 0.15) is 0 Å². The molecule has 0 atom stereocenters. The molecule has 0 spiro atoms. The molecule has 0 nitrogen and oxygen atoms in total. The van der Waals surface area contributed by atoms with Crippen LogP contribution < -0.4 is 0 Å². The normalized spacial score (nSPS) is 10.9. The topological polar surface area (TPSA) is 0 Å². The first-order valence-corrected chi connectivity index (χ1v) is 5.62. The second-order valence-electron chi connectivity index (χ2n) is 4.42. The lowest BCUT2D eigenvalue weighted by atomic mass is 9.97. The maximum Gasteiger partial charge on any atom is -0.0178 e. The Morgan fingerprint density at radius 1 is 0.733 bits per heavy atom. The van der Waals surface area contributed by atoms with E-state index in [1.807, 2.05) is 0 Å². The van der Waals surface area contributed by atoms with Gasteiger partial charge < -0.3 is 0 Å². The Balaban J connectivity index is 2.76. The third kappa shape index (κ3) is 1.77. The van der Waals surface area contributed by atoms with Crippen molar-refractivity contribution in [1.82, 2.24) is 0 Å². The number of rotatable bonds is 1. The van der Waals surface area contributed by atoms with Gasteiger partial charge in [-0.2, -0.15) is 0 Å². The van der Waals surface area contributed by atoms with Gasteiger partial charge >= 0.3 is 0 Å². The zero-order valence-electron chi connectivity index (χ0n) is 10.0. The van der Waals surface area contributed by atoms with E-state index in [0.717, 1.165) is 6.42 Å². The fourth-order valence-electron chi connectivity index (χ4n) is 2.12. The van der Waals surface area contributed by atoms with Gasteiger partial charge in [-0.05, 0) is 60.2 Å². The summed E-state index contributed by atoms with van der Waals surface area (Å²) in [4.78, 5) is 0. The Morgan fingerprint density at radius 3 is 1.73 bits per heavy atom. The average molecular weight is 198 g/mol. The molecule has 15 heavy (non-hydrogen) atoms. The van der Waals surface area contributed by atoms with Crippen LogP contribution in [0.5, 0.6) is 0 Å². The van der Waals surface area contributed by atoms with E-state index in [9.17, 15) is 0 Å². The predicted octanol–water partition coefficient (Wildman–Crippen LogP) is 4.33. The molecule has 0 radical (unpaired) electrons. The molecule has 0 bridgehead atoms. The third-order valence-corrected chi connectivity index (χ3v) is 3.29. The number of benzene rings is 2. The molecule has 0 amide bonds. The molecule has 2 aromatic carbocycles. The Labute approximate surface area is 91.9 Å². The van der Waals surface area contributed by atoms with Crippen molar-refractivity contribution in [2.75, 3.05) is 0 Å². The van der Waals surface area contributed by atoms with Crippen LogP contribution in [0, 0.1) is 20.8 Å². The smallest absolute Gasteiger partial charge is 0.0178 e. The van der Waals surface area contributed by atoms with Gasteiger partial charge in [0, 0.05) is 0 Å². The van der Waals surface area contributed by atoms with Crippen LogP contribution in [-0.2, 0) is 6.42 Å². The summed E-state index contributed by atoms with van der Waals surface area (Å²) in [5.74, 6) is 0. The average Bonchev–Trinajstić information content (AvgIpc) is 2.20. The second kappa shape index (κ2) is 3.69. The van der Waals surface area contributed by atoms with Crippen molar-refractivity contribution in [2.45, 2.75) is 34.1 Å². The molecule has 0 aliphatic carbocycles. The molecule has 0 heterocycles. The summed E-state index contributed by atoms with van der Waals surface area (Å²) in [6.07, 6.45) is 1.12. The van der Waals surface area contributed by atoms with Gasteiger partial charge in [0.25, 0.3) is 0 Å². The second-order valence-corrected chi connectivity index (χ2v) is 4.42. The standard InChI is InChI=1S/C15H18/c1-5-13-9-15-7-11(3)10(2)6-14(15)8-12(13)4/h6-9H,5H2,1-4H3. The highest BCUT2D eigenvalue weighted by atomic mass is 14.1. The van der Waals surface area contributed by atoms with E-state index in [4.69, 9.17) is 0 Å². The van der Waals surface area contributed by atoms with Crippen LogP contribution in [0.25, 0.3) is 10.8 Å². The molecule has 0 aliphatic rings. The van der Waals surface area contributed by atoms with Crippen molar-refractivity contribution in [3.05, 3.63) is 46.5 Å². The van der Waals surface area contributed by atoms with Crippen molar-refractivity contribution in [3.8, 4) is 0 Å². The maximum atomic E-state index is 2.33. The van der Waals surface area contributed by atoms with E-state index in [2.05, 4.69) is 52.0 Å². The molecule has 0 aromatic heterocycles. The van der Waals surface area contributed by atoms with Crippen molar-refractivity contribution in [2.24, 2.45) is 0 Å². The fourth-order valence-corrected chi connectivity index (χ4v) is 2.12. The van der Waals surface area contributed by atoms with Crippen LogP contribution in [0.4, 0.5) is 0 Å². The predicted molar refractivity (Wildman–Crippen MR) is 67.5 cm³/mol. The van der Waals surface area contributed by atoms with E-state index in [1.165, 1.54) is 33.0 Å². The van der Waals surface area contributed by atoms with Gasteiger partial charge in [-0.15, -0.1) is 0 Å². The van der Waals surface area contributed by atoms with Gasteiger partial charge in [0.2, 0.25) is 0 Å². The van der Waals surface area contributed by atoms with Gasteiger partial charge in [-0.25, -0.2) is 0 Å². The summed E-state index contributed by atoms with van der Waals surface area (Å²) >= 11 is 0. The van der Waals surface area contributed by atoms with Crippen LogP contribution in [0.2, 0.25) is 0 Å². The van der Waals surface area contributed by atoms with E-state index in [0.29, 0.717) is 0 Å². The van der Waals surface area contributed by atoms with Crippen LogP contribution in [0.15, 0.2) is 24.3 Å². The maximum absolute atomic E-state index is 2.33. The van der Waals surface area contributed by atoms with Crippen molar-refractivity contribution in [1.29, 1.82) is 0 Å². The van der Waals surface area contributed by atoms with Gasteiger partial charge in [-0.3, -0.25) is 0 Å². The molecule has 0 saturated carbocycles. The van der Waals surface area contributed by atoms with Crippen LogP contribution in [0.3, 0.4) is 0 Å². The summed E-state index contributed by atoms with van der Waals surface area (Å²) in [6.45, 7) is 8.78. The van der Waals surface area contributed by atoms with Crippen LogP contribution >= 0.6 is 0 Å². The number of hydrogen-bond acceptors (Lipinski definition) is 0. The Morgan fingerprint density at radius 2 is 1.20 bits per heavy atom. The summed E-state index contributed by atoms with van der Waals surface area (Å²) in [6, 6.07) is 9.22. The SMILES string of the molecule is CCc1cc2cc(C)c(C)cc2cc1C. The van der Waals surface area contributed by atoms with Gasteiger partial charge in [0.15, 0.2) is 0 Å². The molecule has 0 aliphatic heterocycles. The number of aryl methyl sites for hydroxylation is 4. The van der Waals surface area contributed by atoms with Crippen molar-refractivity contribution in [3.63, 3.8) is 0 Å². The molecule has 0 N–H and O–H groups in total. The summed E-state index contributed by atoms with van der Waals surface area (Å²) in [5, 5.41) is 2.74. The molecule has 78 valence electrons. The van der Waals surface area contributed by atoms with Crippen molar-refractivity contribution < 1.29 is 0 Å². The zero-order chi connectivity index (χ0) is 11.0. The first kappa shape index (κ1) is 10.2. The minimum absolute atomic E-state index is 1.12. The highest BCUT2D eigenvalue weighted by Crippen LogP contribution is 2.23. The molecule has 0 heteroatoms. The Bertz CT molecular complexity index is 507. The Kier molecular flexibility index (Phi) is 2.52. The van der Waals surface area contributed by atoms with E-state index >= 15 is 0 Å². The minimum atomic E-state index is 1.12. The van der Waals surface area contributed by atoms with E-state index in [1.54, 1.807) is 0 Å². The zero-order valence-corrected chi connectivity index (χ0v) is 10.0. The number of fused-ring (bicyclic) bond motifs is 1. The highest BCUT2D eigenvalue weighted by Gasteiger charge is 2.02. The summed E-state index contributed by atoms with van der Waals surface area (Å²) in [7, 11) is 0. The lowest BCUT2D eigenvalue weighted by Gasteiger charge is -2.08. The van der Waals surface area contributed by atoms with Crippen LogP contribution in [0.1, 0.15) is 29.2 Å². The molecule has 0 saturated heterocycles. The fraction of sp³-hybridized carbons (Fsp3) is 0.333. The Hall–Kier alpha value is -1.30. The highest BCUT2D eigenvalue weighted by molar-refractivity contribution is 5.85. The largest absolute Gasteiger partial charge is 0.0613 e.